The van der Waals surface area contributed by atoms with Crippen LogP contribution in [0, 0.1) is 0 Å². The maximum absolute atomic E-state index is 13.7. The molecule has 1 N–H and O–H groups in total. The predicted octanol–water partition coefficient (Wildman–Crippen LogP) is 4.65. The van der Waals surface area contributed by atoms with E-state index in [2.05, 4.69) is 0 Å². The van der Waals surface area contributed by atoms with Crippen molar-refractivity contribution in [3.63, 3.8) is 0 Å². The van der Waals surface area contributed by atoms with Gasteiger partial charge >= 0.3 is 0 Å². The maximum atomic E-state index is 13.7. The van der Waals surface area contributed by atoms with Crippen molar-refractivity contribution in [1.82, 2.24) is 4.57 Å². The third-order valence-corrected chi connectivity index (χ3v) is 5.97. The van der Waals surface area contributed by atoms with Gasteiger partial charge in [-0.1, -0.05) is 24.3 Å². The number of phenolic OH excluding ortho intramolecular Hbond substituents is 1. The molecule has 0 radical (unpaired) electrons. The van der Waals surface area contributed by atoms with E-state index in [4.69, 9.17) is 9.47 Å². The number of carbonyl (C=O) groups is 1. The van der Waals surface area contributed by atoms with Gasteiger partial charge < -0.3 is 19.1 Å². The van der Waals surface area contributed by atoms with Crippen LogP contribution >= 0.6 is 0 Å². The number of phenols is 1. The number of amides is 1. The molecule has 1 aliphatic rings. The zero-order chi connectivity index (χ0) is 21.7. The summed E-state index contributed by atoms with van der Waals surface area (Å²) in [6.45, 7) is 0. The van der Waals surface area contributed by atoms with Gasteiger partial charge in [-0.05, 0) is 48.0 Å². The number of anilines is 1. The first-order valence-corrected chi connectivity index (χ1v) is 9.97. The highest BCUT2D eigenvalue weighted by molar-refractivity contribution is 6.15. The molecule has 0 spiro atoms. The molecule has 0 aliphatic carbocycles. The summed E-state index contributed by atoms with van der Waals surface area (Å²) in [6, 6.07) is 20.3. The number of rotatable bonds is 4. The second-order valence-corrected chi connectivity index (χ2v) is 7.55. The van der Waals surface area contributed by atoms with Gasteiger partial charge in [0, 0.05) is 29.2 Å². The van der Waals surface area contributed by atoms with Gasteiger partial charge in [0.1, 0.15) is 11.4 Å². The van der Waals surface area contributed by atoms with E-state index in [1.807, 2.05) is 66.2 Å². The molecule has 156 valence electrons. The molecular formula is C25H22N2O4. The van der Waals surface area contributed by atoms with E-state index >= 15 is 0 Å². The fourth-order valence-corrected chi connectivity index (χ4v) is 4.52. The number of aromatic nitrogens is 1. The Morgan fingerprint density at radius 3 is 2.35 bits per heavy atom. The summed E-state index contributed by atoms with van der Waals surface area (Å²) < 4.78 is 12.4. The van der Waals surface area contributed by atoms with Crippen molar-refractivity contribution in [1.29, 1.82) is 0 Å². The molecule has 5 rings (SSSR count). The number of aryl methyl sites for hydroxylation is 1. The third kappa shape index (κ3) is 2.75. The molecule has 3 aromatic carbocycles. The van der Waals surface area contributed by atoms with Crippen molar-refractivity contribution in [2.24, 2.45) is 7.05 Å². The Hall–Kier alpha value is -3.93. The van der Waals surface area contributed by atoms with Gasteiger partial charge in [-0.2, -0.15) is 0 Å². The molecule has 6 nitrogen and oxygen atoms in total. The number of hydrogen-bond acceptors (Lipinski definition) is 4. The second-order valence-electron chi connectivity index (χ2n) is 7.55. The van der Waals surface area contributed by atoms with Crippen LogP contribution in [-0.4, -0.2) is 29.8 Å². The van der Waals surface area contributed by atoms with E-state index < -0.39 is 0 Å². The largest absolute Gasteiger partial charge is 0.504 e. The molecule has 6 heteroatoms. The Morgan fingerprint density at radius 2 is 1.68 bits per heavy atom. The zero-order valence-corrected chi connectivity index (χ0v) is 17.5. The monoisotopic (exact) mass is 414 g/mol. The zero-order valence-electron chi connectivity index (χ0n) is 17.5. The maximum Gasteiger partial charge on any atom is 0.276 e. The van der Waals surface area contributed by atoms with E-state index in [-0.39, 0.29) is 17.7 Å². The number of methoxy groups -OCH3 is 2. The first-order valence-electron chi connectivity index (χ1n) is 9.97. The van der Waals surface area contributed by atoms with Crippen LogP contribution in [0.5, 0.6) is 17.2 Å². The van der Waals surface area contributed by atoms with E-state index in [0.29, 0.717) is 11.4 Å². The molecule has 0 bridgehead atoms. The molecule has 1 atom stereocenters. The normalized spacial score (nSPS) is 15.4. The fourth-order valence-electron chi connectivity index (χ4n) is 4.52. The highest BCUT2D eigenvalue weighted by Gasteiger charge is 2.43. The van der Waals surface area contributed by atoms with Gasteiger partial charge in [-0.3, -0.25) is 9.69 Å². The number of benzene rings is 3. The lowest BCUT2D eigenvalue weighted by Crippen LogP contribution is -2.29. The minimum atomic E-state index is -0.390. The lowest BCUT2D eigenvalue weighted by atomic mass is 9.97. The SMILES string of the molecule is COc1ccc(N2C(=O)c3c(c4ccccc4n3C)C2c2ccc(OC)c(O)c2)cc1. The molecule has 1 aromatic heterocycles. The summed E-state index contributed by atoms with van der Waals surface area (Å²) in [4.78, 5) is 15.5. The first-order chi connectivity index (χ1) is 15.0. The number of fused-ring (bicyclic) bond motifs is 3. The van der Waals surface area contributed by atoms with Crippen molar-refractivity contribution in [2.75, 3.05) is 19.1 Å². The van der Waals surface area contributed by atoms with Gasteiger partial charge in [-0.15, -0.1) is 0 Å². The van der Waals surface area contributed by atoms with E-state index in [9.17, 15) is 9.90 Å². The van der Waals surface area contributed by atoms with Gasteiger partial charge in [0.15, 0.2) is 11.5 Å². The standard InChI is InChI=1S/C25H22N2O4/c1-26-19-7-5-4-6-18(19)22-23(15-8-13-21(31-3)20(28)14-15)27(25(29)24(22)26)16-9-11-17(30-2)12-10-16/h4-14,23,28H,1-3H3. The van der Waals surface area contributed by atoms with Crippen molar-refractivity contribution in [3.05, 3.63) is 83.6 Å². The van der Waals surface area contributed by atoms with Crippen molar-refractivity contribution in [2.45, 2.75) is 6.04 Å². The molecular weight excluding hydrogens is 392 g/mol. The van der Waals surface area contributed by atoms with Gasteiger partial charge in [0.25, 0.3) is 5.91 Å². The summed E-state index contributed by atoms with van der Waals surface area (Å²) in [6.07, 6.45) is 0. The lowest BCUT2D eigenvalue weighted by molar-refractivity contribution is 0.0986. The van der Waals surface area contributed by atoms with Crippen LogP contribution in [-0.2, 0) is 7.05 Å². The predicted molar refractivity (Wildman–Crippen MR) is 119 cm³/mol. The topological polar surface area (TPSA) is 63.9 Å². The molecule has 1 amide bonds. The fraction of sp³-hybridized carbons (Fsp3) is 0.160. The number of ether oxygens (including phenoxy) is 2. The molecule has 0 saturated heterocycles. The van der Waals surface area contributed by atoms with E-state index in [1.165, 1.54) is 7.11 Å². The van der Waals surface area contributed by atoms with Crippen molar-refractivity contribution < 1.29 is 19.4 Å². The van der Waals surface area contributed by atoms with Gasteiger partial charge in [0.05, 0.1) is 20.3 Å². The van der Waals surface area contributed by atoms with E-state index in [1.54, 1.807) is 24.1 Å². The average molecular weight is 414 g/mol. The van der Waals surface area contributed by atoms with Crippen LogP contribution in [0.4, 0.5) is 5.69 Å². The summed E-state index contributed by atoms with van der Waals surface area (Å²) in [5.41, 5.74) is 4.14. The number of para-hydroxylation sites is 1. The molecule has 0 fully saturated rings. The number of nitrogens with zero attached hydrogens (tertiary/aromatic N) is 2. The Labute approximate surface area is 179 Å². The molecule has 31 heavy (non-hydrogen) atoms. The summed E-state index contributed by atoms with van der Waals surface area (Å²) >= 11 is 0. The smallest absolute Gasteiger partial charge is 0.276 e. The average Bonchev–Trinajstić information content (AvgIpc) is 3.26. The third-order valence-electron chi connectivity index (χ3n) is 5.97. The Bertz CT molecular complexity index is 1310. The van der Waals surface area contributed by atoms with Crippen LogP contribution in [0.25, 0.3) is 10.9 Å². The van der Waals surface area contributed by atoms with Crippen LogP contribution in [0.1, 0.15) is 27.7 Å². The summed E-state index contributed by atoms with van der Waals surface area (Å²) in [5, 5.41) is 11.5. The second kappa shape index (κ2) is 7.09. The Morgan fingerprint density at radius 1 is 0.935 bits per heavy atom. The Kier molecular flexibility index (Phi) is 4.36. The van der Waals surface area contributed by atoms with Crippen LogP contribution < -0.4 is 14.4 Å². The minimum absolute atomic E-state index is 0.0378. The Balaban J connectivity index is 1.76. The first kappa shape index (κ1) is 19.1. The van der Waals surface area contributed by atoms with Crippen molar-refractivity contribution >= 4 is 22.5 Å². The van der Waals surface area contributed by atoms with Crippen LogP contribution in [0.2, 0.25) is 0 Å². The molecule has 0 saturated carbocycles. The van der Waals surface area contributed by atoms with Gasteiger partial charge in [-0.25, -0.2) is 0 Å². The van der Waals surface area contributed by atoms with Crippen LogP contribution in [0.15, 0.2) is 66.7 Å². The van der Waals surface area contributed by atoms with Crippen LogP contribution in [0.3, 0.4) is 0 Å². The van der Waals surface area contributed by atoms with Crippen molar-refractivity contribution in [3.8, 4) is 17.2 Å². The molecule has 4 aromatic rings. The minimum Gasteiger partial charge on any atom is -0.504 e. The molecule has 1 unspecified atom stereocenters. The molecule has 1 aliphatic heterocycles. The molecule has 2 heterocycles. The highest BCUT2D eigenvalue weighted by atomic mass is 16.5. The van der Waals surface area contributed by atoms with E-state index in [0.717, 1.165) is 33.5 Å². The number of hydrogen-bond donors (Lipinski definition) is 1. The number of carbonyl (C=O) groups excluding carboxylic acids is 1. The summed E-state index contributed by atoms with van der Waals surface area (Å²) in [7, 11) is 5.04. The quantitative estimate of drug-likeness (QED) is 0.528. The number of aromatic hydroxyl groups is 1. The highest BCUT2D eigenvalue weighted by Crippen LogP contribution is 2.47. The van der Waals surface area contributed by atoms with Gasteiger partial charge in [0.2, 0.25) is 0 Å². The lowest BCUT2D eigenvalue weighted by Gasteiger charge is -2.27. The summed E-state index contributed by atoms with van der Waals surface area (Å²) in [5.74, 6) is 1.06.